The fraction of sp³-hybridized carbons (Fsp3) is 0.500. The zero-order valence-electron chi connectivity index (χ0n) is 11.1. The molecule has 1 amide bonds. The number of carboxylic acid groups (broad SMARTS) is 1. The number of thioether (sulfide) groups is 1. The van der Waals surface area contributed by atoms with E-state index >= 15 is 0 Å². The number of H-pyrrole nitrogens is 1. The lowest BCUT2D eigenvalue weighted by molar-refractivity contribution is -0.139. The number of carbonyl (C=O) groups excluding carboxylic acids is 1. The summed E-state index contributed by atoms with van der Waals surface area (Å²) < 4.78 is 0. The van der Waals surface area contributed by atoms with E-state index in [1.807, 2.05) is 0 Å². The zero-order chi connectivity index (χ0) is 14.9. The molecule has 8 heteroatoms. The number of nitrogens with one attached hydrogen (secondary N) is 2. The van der Waals surface area contributed by atoms with E-state index in [1.54, 1.807) is 13.2 Å². The Morgan fingerprint density at radius 3 is 2.65 bits per heavy atom. The van der Waals surface area contributed by atoms with E-state index in [0.717, 1.165) is 12.8 Å². The monoisotopic (exact) mass is 297 g/mol. The molecule has 0 aliphatic heterocycles. The molecule has 1 aromatic heterocycles. The fourth-order valence-corrected chi connectivity index (χ4v) is 2.62. The number of amides is 1. The third kappa shape index (κ3) is 3.01. The number of rotatable bonds is 5. The standard InChI is InChI=1S/C12H15N3O4S/c1-5-7(10(20-2)15-12(19)13-5)9(16)14-8(11(17)18)6-3-4-6/h6,8H,3-4H2,1-2H3,(H,14,16)(H,17,18)(H,13,15,19). The van der Waals surface area contributed by atoms with E-state index in [0.29, 0.717) is 10.7 Å². The Hall–Kier alpha value is -1.83. The number of carboxylic acids is 1. The number of aliphatic carboxylic acids is 1. The first-order valence-corrected chi connectivity index (χ1v) is 7.35. The maximum absolute atomic E-state index is 12.3. The molecule has 0 spiro atoms. The van der Waals surface area contributed by atoms with Crippen molar-refractivity contribution in [1.82, 2.24) is 15.3 Å². The first kappa shape index (κ1) is 14.6. The average molecular weight is 297 g/mol. The Morgan fingerprint density at radius 2 is 2.15 bits per heavy atom. The lowest BCUT2D eigenvalue weighted by Crippen LogP contribution is -2.43. The Labute approximate surface area is 119 Å². The SMILES string of the molecule is CSc1nc(=O)[nH]c(C)c1C(=O)NC(C(=O)O)C1CC1. The van der Waals surface area contributed by atoms with E-state index < -0.39 is 23.6 Å². The lowest BCUT2D eigenvalue weighted by atomic mass is 10.1. The predicted octanol–water partition coefficient (Wildman–Crippen LogP) is 0.393. The molecule has 7 nitrogen and oxygen atoms in total. The van der Waals surface area contributed by atoms with E-state index in [9.17, 15) is 14.4 Å². The molecule has 1 atom stereocenters. The number of nitrogens with zero attached hydrogens (tertiary/aromatic N) is 1. The molecule has 1 aliphatic carbocycles. The van der Waals surface area contributed by atoms with Crippen molar-refractivity contribution in [3.8, 4) is 0 Å². The summed E-state index contributed by atoms with van der Waals surface area (Å²) in [5, 5.41) is 11.9. The molecule has 1 aliphatic rings. The molecule has 1 saturated carbocycles. The summed E-state index contributed by atoms with van der Waals surface area (Å²) in [5.41, 5.74) is 0.0798. The minimum Gasteiger partial charge on any atom is -0.480 e. The van der Waals surface area contributed by atoms with E-state index in [4.69, 9.17) is 5.11 Å². The quantitative estimate of drug-likeness (QED) is 0.535. The summed E-state index contributed by atoms with van der Waals surface area (Å²) in [4.78, 5) is 40.9. The number of hydrogen-bond acceptors (Lipinski definition) is 5. The van der Waals surface area contributed by atoms with Crippen molar-refractivity contribution in [2.24, 2.45) is 5.92 Å². The molecule has 3 N–H and O–H groups in total. The van der Waals surface area contributed by atoms with Crippen LogP contribution < -0.4 is 11.0 Å². The van der Waals surface area contributed by atoms with Gasteiger partial charge in [0.1, 0.15) is 11.1 Å². The van der Waals surface area contributed by atoms with Crippen LogP contribution in [0.25, 0.3) is 0 Å². The van der Waals surface area contributed by atoms with Gasteiger partial charge in [0.15, 0.2) is 0 Å². The van der Waals surface area contributed by atoms with Gasteiger partial charge in [-0.25, -0.2) is 9.59 Å². The summed E-state index contributed by atoms with van der Waals surface area (Å²) in [6.45, 7) is 1.59. The highest BCUT2D eigenvalue weighted by Gasteiger charge is 2.38. The molecule has 20 heavy (non-hydrogen) atoms. The highest BCUT2D eigenvalue weighted by molar-refractivity contribution is 7.98. The van der Waals surface area contributed by atoms with Crippen LogP contribution in [0.5, 0.6) is 0 Å². The second-order valence-electron chi connectivity index (χ2n) is 4.68. The van der Waals surface area contributed by atoms with Crippen LogP contribution in [0.4, 0.5) is 0 Å². The molecule has 0 radical (unpaired) electrons. The van der Waals surface area contributed by atoms with Gasteiger partial charge in [-0.3, -0.25) is 4.79 Å². The minimum absolute atomic E-state index is 0.00907. The summed E-state index contributed by atoms with van der Waals surface area (Å²) in [5.74, 6) is -1.57. The van der Waals surface area contributed by atoms with Crippen LogP contribution in [0.1, 0.15) is 28.9 Å². The van der Waals surface area contributed by atoms with Gasteiger partial charge in [0.2, 0.25) is 0 Å². The van der Waals surface area contributed by atoms with Crippen molar-refractivity contribution in [1.29, 1.82) is 0 Å². The molecule has 0 saturated heterocycles. The van der Waals surface area contributed by atoms with Gasteiger partial charge in [-0.2, -0.15) is 4.98 Å². The molecule has 1 heterocycles. The highest BCUT2D eigenvalue weighted by atomic mass is 32.2. The van der Waals surface area contributed by atoms with Crippen LogP contribution in [0.15, 0.2) is 9.82 Å². The van der Waals surface area contributed by atoms with Crippen molar-refractivity contribution in [3.05, 3.63) is 21.7 Å². The topological polar surface area (TPSA) is 112 Å². The molecular weight excluding hydrogens is 282 g/mol. The molecule has 0 aromatic carbocycles. The summed E-state index contributed by atoms with van der Waals surface area (Å²) in [6.07, 6.45) is 3.30. The maximum Gasteiger partial charge on any atom is 0.346 e. The Balaban J connectivity index is 2.29. The summed E-state index contributed by atoms with van der Waals surface area (Å²) in [6, 6.07) is -0.886. The van der Waals surface area contributed by atoms with Gasteiger partial charge in [0, 0.05) is 5.69 Å². The van der Waals surface area contributed by atoms with E-state index in [1.165, 1.54) is 11.8 Å². The van der Waals surface area contributed by atoms with Crippen molar-refractivity contribution in [2.45, 2.75) is 30.8 Å². The van der Waals surface area contributed by atoms with Crippen molar-refractivity contribution < 1.29 is 14.7 Å². The number of aryl methyl sites for hydroxylation is 1. The summed E-state index contributed by atoms with van der Waals surface area (Å²) >= 11 is 1.17. The summed E-state index contributed by atoms with van der Waals surface area (Å²) in [7, 11) is 0. The second-order valence-corrected chi connectivity index (χ2v) is 5.47. The number of aromatic nitrogens is 2. The van der Waals surface area contributed by atoms with Gasteiger partial charge in [-0.15, -0.1) is 11.8 Å². The molecule has 1 unspecified atom stereocenters. The van der Waals surface area contributed by atoms with Gasteiger partial charge in [-0.1, -0.05) is 0 Å². The van der Waals surface area contributed by atoms with Crippen LogP contribution >= 0.6 is 11.8 Å². The first-order chi connectivity index (χ1) is 9.43. The molecule has 0 bridgehead atoms. The predicted molar refractivity (Wildman–Crippen MR) is 73.0 cm³/mol. The van der Waals surface area contributed by atoms with Crippen LogP contribution in [-0.2, 0) is 4.79 Å². The van der Waals surface area contributed by atoms with Crippen LogP contribution in [0.3, 0.4) is 0 Å². The molecular formula is C12H15N3O4S. The second kappa shape index (κ2) is 5.66. The Kier molecular flexibility index (Phi) is 4.12. The number of carbonyl (C=O) groups is 2. The van der Waals surface area contributed by atoms with Gasteiger partial charge >= 0.3 is 11.7 Å². The van der Waals surface area contributed by atoms with Gasteiger partial charge in [0.05, 0.1) is 5.56 Å². The van der Waals surface area contributed by atoms with E-state index in [-0.39, 0.29) is 11.5 Å². The molecule has 1 aromatic rings. The van der Waals surface area contributed by atoms with Crippen molar-refractivity contribution in [2.75, 3.05) is 6.26 Å². The Morgan fingerprint density at radius 1 is 1.50 bits per heavy atom. The largest absolute Gasteiger partial charge is 0.480 e. The van der Waals surface area contributed by atoms with Crippen LogP contribution in [-0.4, -0.2) is 39.2 Å². The van der Waals surface area contributed by atoms with Gasteiger partial charge < -0.3 is 15.4 Å². The number of aromatic amines is 1. The third-order valence-electron chi connectivity index (χ3n) is 3.15. The normalized spacial score (nSPS) is 15.7. The maximum atomic E-state index is 12.3. The Bertz CT molecular complexity index is 609. The van der Waals surface area contributed by atoms with Crippen molar-refractivity contribution in [3.63, 3.8) is 0 Å². The van der Waals surface area contributed by atoms with Gasteiger partial charge in [-0.05, 0) is 31.9 Å². The minimum atomic E-state index is -1.04. The zero-order valence-corrected chi connectivity index (χ0v) is 11.9. The first-order valence-electron chi connectivity index (χ1n) is 6.12. The fourth-order valence-electron chi connectivity index (χ4n) is 2.00. The van der Waals surface area contributed by atoms with Crippen LogP contribution in [0.2, 0.25) is 0 Å². The molecule has 1 fully saturated rings. The van der Waals surface area contributed by atoms with Crippen molar-refractivity contribution >= 4 is 23.6 Å². The lowest BCUT2D eigenvalue weighted by Gasteiger charge is -2.15. The molecule has 2 rings (SSSR count). The average Bonchev–Trinajstić information content (AvgIpc) is 3.18. The molecule has 108 valence electrons. The highest BCUT2D eigenvalue weighted by Crippen LogP contribution is 2.33. The third-order valence-corrected chi connectivity index (χ3v) is 3.83. The number of hydrogen-bond donors (Lipinski definition) is 3. The van der Waals surface area contributed by atoms with Gasteiger partial charge in [0.25, 0.3) is 5.91 Å². The smallest absolute Gasteiger partial charge is 0.346 e. The van der Waals surface area contributed by atoms with Crippen LogP contribution in [0, 0.1) is 12.8 Å². The van der Waals surface area contributed by atoms with E-state index in [2.05, 4.69) is 15.3 Å².